The molecule has 0 aliphatic rings. The zero-order chi connectivity index (χ0) is 24.0. The minimum Gasteiger partial charge on any atom is -0.395 e. The Bertz CT molecular complexity index is 1220. The van der Waals surface area contributed by atoms with Crippen LogP contribution in [-0.4, -0.2) is 42.1 Å². The van der Waals surface area contributed by atoms with Crippen molar-refractivity contribution < 1.29 is 13.5 Å². The van der Waals surface area contributed by atoms with Gasteiger partial charge in [-0.3, -0.25) is 4.90 Å². The van der Waals surface area contributed by atoms with Crippen LogP contribution in [0, 0.1) is 5.92 Å². The standard InChI is InChI=1S/C27H32N2O3S/c1-5-21(4)19-28(17-18-30)27(22(6-2)7-3)25-20-29(26-16-12-11-15-24(25)26)33(31,32)23-13-9-8-10-14-23/h6-16,20,22,27,30H,2-5,17-19H2,1H3. The third-order valence-corrected chi connectivity index (χ3v) is 7.63. The van der Waals surface area contributed by atoms with Gasteiger partial charge in [0.1, 0.15) is 0 Å². The topological polar surface area (TPSA) is 62.5 Å². The molecule has 174 valence electrons. The molecule has 0 saturated carbocycles. The molecule has 0 aliphatic carbocycles. The predicted octanol–water partition coefficient (Wildman–Crippen LogP) is 5.17. The van der Waals surface area contributed by atoms with Gasteiger partial charge in [-0.05, 0) is 30.2 Å². The summed E-state index contributed by atoms with van der Waals surface area (Å²) in [5.74, 6) is -0.167. The molecule has 3 aromatic rings. The van der Waals surface area contributed by atoms with Crippen LogP contribution in [-0.2, 0) is 10.0 Å². The van der Waals surface area contributed by atoms with E-state index in [0.29, 0.717) is 18.6 Å². The number of aliphatic hydroxyl groups is 1. The lowest BCUT2D eigenvalue weighted by Crippen LogP contribution is -2.36. The van der Waals surface area contributed by atoms with Gasteiger partial charge in [-0.2, -0.15) is 0 Å². The number of fused-ring (bicyclic) bond motifs is 1. The average molecular weight is 465 g/mol. The van der Waals surface area contributed by atoms with Crippen LogP contribution in [0.3, 0.4) is 0 Å². The fourth-order valence-electron chi connectivity index (χ4n) is 4.16. The largest absolute Gasteiger partial charge is 0.395 e. The van der Waals surface area contributed by atoms with Crippen molar-refractivity contribution in [3.63, 3.8) is 0 Å². The first-order chi connectivity index (χ1) is 15.9. The predicted molar refractivity (Wildman–Crippen MR) is 136 cm³/mol. The fraction of sp³-hybridized carbons (Fsp3) is 0.259. The fourth-order valence-corrected chi connectivity index (χ4v) is 5.56. The van der Waals surface area contributed by atoms with Crippen LogP contribution >= 0.6 is 0 Å². The summed E-state index contributed by atoms with van der Waals surface area (Å²) in [5, 5.41) is 10.7. The first-order valence-electron chi connectivity index (χ1n) is 11.1. The van der Waals surface area contributed by atoms with Gasteiger partial charge < -0.3 is 5.11 Å². The van der Waals surface area contributed by atoms with Crippen LogP contribution in [0.1, 0.15) is 24.9 Å². The van der Waals surface area contributed by atoms with Gasteiger partial charge in [0.05, 0.1) is 17.0 Å². The summed E-state index contributed by atoms with van der Waals surface area (Å²) < 4.78 is 28.5. The van der Waals surface area contributed by atoms with Crippen LogP contribution in [0.2, 0.25) is 0 Å². The van der Waals surface area contributed by atoms with E-state index in [9.17, 15) is 13.5 Å². The van der Waals surface area contributed by atoms with E-state index in [0.717, 1.165) is 22.9 Å². The SMILES string of the molecule is C=CC(C=C)C(c1cn(S(=O)(=O)c2ccccc2)c2ccccc12)N(CCO)CC(=C)CC. The van der Waals surface area contributed by atoms with Crippen LogP contribution in [0.4, 0.5) is 0 Å². The quantitative estimate of drug-likeness (QED) is 0.376. The Labute approximate surface area is 197 Å². The van der Waals surface area contributed by atoms with Gasteiger partial charge in [-0.15, -0.1) is 13.2 Å². The first-order valence-corrected chi connectivity index (χ1v) is 12.5. The second kappa shape index (κ2) is 10.8. The molecule has 33 heavy (non-hydrogen) atoms. The van der Waals surface area contributed by atoms with Gasteiger partial charge in [-0.1, -0.05) is 67.6 Å². The van der Waals surface area contributed by atoms with Gasteiger partial charge in [0, 0.05) is 36.6 Å². The van der Waals surface area contributed by atoms with E-state index >= 15 is 0 Å². The molecule has 1 atom stereocenters. The molecule has 0 spiro atoms. The molecule has 0 radical (unpaired) electrons. The van der Waals surface area contributed by atoms with Gasteiger partial charge in [-0.25, -0.2) is 12.4 Å². The number of aliphatic hydroxyl groups excluding tert-OH is 1. The van der Waals surface area contributed by atoms with Crippen LogP contribution in [0.25, 0.3) is 10.9 Å². The Morgan fingerprint density at radius 3 is 2.33 bits per heavy atom. The first kappa shape index (κ1) is 24.7. The summed E-state index contributed by atoms with van der Waals surface area (Å²) in [6, 6.07) is 15.6. The number of para-hydroxylation sites is 1. The molecule has 0 aliphatic heterocycles. The molecular formula is C27H32N2O3S. The Kier molecular flexibility index (Phi) is 8.08. The van der Waals surface area contributed by atoms with E-state index < -0.39 is 10.0 Å². The molecule has 0 saturated heterocycles. The molecule has 2 aromatic carbocycles. The maximum absolute atomic E-state index is 13.6. The molecule has 1 heterocycles. The summed E-state index contributed by atoms with van der Waals surface area (Å²) in [6.07, 6.45) is 6.14. The monoisotopic (exact) mass is 464 g/mol. The van der Waals surface area contributed by atoms with Crippen molar-refractivity contribution in [3.05, 3.63) is 104 Å². The molecule has 3 rings (SSSR count). The minimum absolute atomic E-state index is 0.0323. The van der Waals surface area contributed by atoms with Crippen LogP contribution in [0.5, 0.6) is 0 Å². The lowest BCUT2D eigenvalue weighted by Gasteiger charge is -2.35. The molecular weight excluding hydrogens is 432 g/mol. The Hall–Kier alpha value is -2.93. The molecule has 0 bridgehead atoms. The van der Waals surface area contributed by atoms with Crippen molar-refractivity contribution in [1.29, 1.82) is 0 Å². The van der Waals surface area contributed by atoms with Crippen molar-refractivity contribution >= 4 is 20.9 Å². The zero-order valence-corrected chi connectivity index (χ0v) is 19.9. The lowest BCUT2D eigenvalue weighted by atomic mass is 9.90. The van der Waals surface area contributed by atoms with E-state index in [1.54, 1.807) is 36.5 Å². The van der Waals surface area contributed by atoms with E-state index in [1.807, 2.05) is 43.3 Å². The minimum atomic E-state index is -3.80. The molecule has 1 aromatic heterocycles. The number of hydrogen-bond donors (Lipinski definition) is 1. The normalized spacial score (nSPS) is 12.8. The van der Waals surface area contributed by atoms with Crippen LogP contribution in [0.15, 0.2) is 103 Å². The second-order valence-electron chi connectivity index (χ2n) is 8.01. The van der Waals surface area contributed by atoms with Crippen molar-refractivity contribution in [2.75, 3.05) is 19.7 Å². The second-order valence-corrected chi connectivity index (χ2v) is 9.82. The maximum atomic E-state index is 13.6. The molecule has 0 fully saturated rings. The summed E-state index contributed by atoms with van der Waals surface area (Å²) >= 11 is 0. The number of nitrogens with zero attached hydrogens (tertiary/aromatic N) is 2. The van der Waals surface area contributed by atoms with Gasteiger partial charge in [0.2, 0.25) is 0 Å². The Morgan fingerprint density at radius 2 is 1.73 bits per heavy atom. The highest BCUT2D eigenvalue weighted by Gasteiger charge is 2.31. The van der Waals surface area contributed by atoms with E-state index in [2.05, 4.69) is 24.6 Å². The number of rotatable bonds is 12. The molecule has 1 N–H and O–H groups in total. The Balaban J connectivity index is 2.27. The number of benzene rings is 2. The Morgan fingerprint density at radius 1 is 1.09 bits per heavy atom. The van der Waals surface area contributed by atoms with E-state index in [4.69, 9.17) is 0 Å². The van der Waals surface area contributed by atoms with E-state index in [-0.39, 0.29) is 23.5 Å². The van der Waals surface area contributed by atoms with Crippen LogP contribution < -0.4 is 0 Å². The zero-order valence-electron chi connectivity index (χ0n) is 19.1. The summed E-state index contributed by atoms with van der Waals surface area (Å²) in [4.78, 5) is 2.35. The summed E-state index contributed by atoms with van der Waals surface area (Å²) in [7, 11) is -3.80. The van der Waals surface area contributed by atoms with Gasteiger partial charge in [0.15, 0.2) is 0 Å². The highest BCUT2D eigenvalue weighted by molar-refractivity contribution is 7.90. The highest BCUT2D eigenvalue weighted by Crippen LogP contribution is 2.38. The third-order valence-electron chi connectivity index (χ3n) is 5.94. The molecule has 1 unspecified atom stereocenters. The summed E-state index contributed by atoms with van der Waals surface area (Å²) in [6.45, 7) is 15.1. The maximum Gasteiger partial charge on any atom is 0.268 e. The molecule has 5 nitrogen and oxygen atoms in total. The van der Waals surface area contributed by atoms with Crippen molar-refractivity contribution in [1.82, 2.24) is 8.87 Å². The lowest BCUT2D eigenvalue weighted by molar-refractivity contribution is 0.146. The van der Waals surface area contributed by atoms with Crippen molar-refractivity contribution in [2.45, 2.75) is 24.3 Å². The molecule has 6 heteroatoms. The highest BCUT2D eigenvalue weighted by atomic mass is 32.2. The van der Waals surface area contributed by atoms with Gasteiger partial charge in [0.25, 0.3) is 10.0 Å². The average Bonchev–Trinajstić information content (AvgIpc) is 3.22. The van der Waals surface area contributed by atoms with Gasteiger partial charge >= 0.3 is 0 Å². The number of hydrogen-bond acceptors (Lipinski definition) is 4. The van der Waals surface area contributed by atoms with E-state index in [1.165, 1.54) is 3.97 Å². The smallest absolute Gasteiger partial charge is 0.268 e. The van der Waals surface area contributed by atoms with Crippen molar-refractivity contribution in [2.24, 2.45) is 5.92 Å². The number of aromatic nitrogens is 1. The van der Waals surface area contributed by atoms with Crippen molar-refractivity contribution in [3.8, 4) is 0 Å². The summed E-state index contributed by atoms with van der Waals surface area (Å²) in [5.41, 5.74) is 2.47. The third kappa shape index (κ3) is 5.03. The molecule has 0 amide bonds.